The largest absolute Gasteiger partial charge is 0.418 e. The maximum Gasteiger partial charge on any atom is 0.418 e. The Morgan fingerprint density at radius 1 is 0.611 bits per heavy atom. The highest BCUT2D eigenvalue weighted by Gasteiger charge is 2.44. The summed E-state index contributed by atoms with van der Waals surface area (Å²) < 4.78 is 82.8. The Kier molecular flexibility index (Phi) is 7.04. The third-order valence-corrected chi connectivity index (χ3v) is 4.70. The Balaban J connectivity index is 3.51. The predicted molar refractivity (Wildman–Crippen MR) is 104 cm³/mol. The van der Waals surface area contributed by atoms with Gasteiger partial charge in [0, 0.05) is 16.0 Å². The van der Waals surface area contributed by atoms with Crippen molar-refractivity contribution in [3.63, 3.8) is 0 Å². The molecular weight excluding hydrogens is 488 g/mol. The van der Waals surface area contributed by atoms with E-state index in [0.717, 1.165) is 24.3 Å². The first-order valence-electron chi connectivity index (χ1n) is 8.94. The van der Waals surface area contributed by atoms with Gasteiger partial charge in [0.25, 0.3) is 0 Å². The van der Waals surface area contributed by atoms with Crippen LogP contribution in [0.2, 0.25) is 0 Å². The molecule has 13 heteroatoms. The standard InChI is InChI=1S/C23H3F6N7/c24-22(25,26)19-3-11(4-30)21(23(27,28)29)20(18(19)10-36)17(9-35)14-2-1-13(12(5-31)6-32)15(7-33)16(14)8-34/h1-3H/b17-14-. The van der Waals surface area contributed by atoms with Crippen molar-refractivity contribution in [3.05, 3.63) is 67.6 Å². The average molecular weight is 491 g/mol. The molecule has 0 aliphatic carbocycles. The molecule has 0 aliphatic rings. The Hall–Kier alpha value is -5.81. The minimum absolute atomic E-state index is 0.171. The maximum atomic E-state index is 14.0. The molecule has 0 saturated heterocycles. The van der Waals surface area contributed by atoms with Crippen LogP contribution in [-0.4, -0.2) is 0 Å². The van der Waals surface area contributed by atoms with E-state index in [9.17, 15) is 47.4 Å². The van der Waals surface area contributed by atoms with Crippen molar-refractivity contribution in [1.29, 1.82) is 36.8 Å². The van der Waals surface area contributed by atoms with Gasteiger partial charge in [0.2, 0.25) is 0 Å². The fourth-order valence-electron chi connectivity index (χ4n) is 3.30. The van der Waals surface area contributed by atoms with Crippen LogP contribution in [0.25, 0.3) is 11.1 Å². The van der Waals surface area contributed by atoms with Crippen LogP contribution < -0.4 is 10.4 Å². The highest BCUT2D eigenvalue weighted by molar-refractivity contribution is 5.86. The molecule has 0 atom stereocenters. The number of hydrogen-bond acceptors (Lipinski definition) is 7. The average Bonchev–Trinajstić information content (AvgIpc) is 2.83. The smallest absolute Gasteiger partial charge is 0.192 e. The lowest BCUT2D eigenvalue weighted by Crippen LogP contribution is -2.25. The number of benzene rings is 2. The van der Waals surface area contributed by atoms with E-state index in [2.05, 4.69) is 0 Å². The van der Waals surface area contributed by atoms with Crippen LogP contribution in [0.1, 0.15) is 38.9 Å². The molecule has 0 radical (unpaired) electrons. The zero-order chi connectivity index (χ0) is 27.4. The number of hydrogen-bond donors (Lipinski definition) is 0. The number of nitrogens with zero attached hydrogens (tertiary/aromatic N) is 7. The summed E-state index contributed by atoms with van der Waals surface area (Å²) in [5.74, 6) is 0. The van der Waals surface area contributed by atoms with Crippen molar-refractivity contribution >= 4 is 11.1 Å². The Morgan fingerprint density at radius 3 is 1.50 bits per heavy atom. The molecule has 2 aromatic carbocycles. The van der Waals surface area contributed by atoms with Crippen molar-refractivity contribution in [1.82, 2.24) is 0 Å². The Bertz CT molecular complexity index is 1720. The van der Waals surface area contributed by atoms with Gasteiger partial charge in [-0.05, 0) is 6.07 Å². The molecule has 2 aromatic rings. The van der Waals surface area contributed by atoms with Gasteiger partial charge < -0.3 is 0 Å². The molecule has 0 amide bonds. The van der Waals surface area contributed by atoms with Crippen molar-refractivity contribution in [2.75, 3.05) is 0 Å². The predicted octanol–water partition coefficient (Wildman–Crippen LogP) is 3.13. The van der Waals surface area contributed by atoms with Gasteiger partial charge in [0.05, 0.1) is 45.0 Å². The fourth-order valence-corrected chi connectivity index (χ4v) is 3.30. The normalized spacial score (nSPS) is 11.3. The molecule has 172 valence electrons. The third-order valence-electron chi connectivity index (χ3n) is 4.70. The van der Waals surface area contributed by atoms with E-state index in [1.54, 1.807) is 0 Å². The SMILES string of the molecule is N#CC(C#N)=c1cc/c(=C(\C#N)c2c(C#N)c(C(F)(F)F)cc(C#N)c2C(F)(F)F)c(C#N)c1C#N. The second kappa shape index (κ2) is 9.59. The molecule has 0 saturated carbocycles. The molecule has 0 aromatic heterocycles. The highest BCUT2D eigenvalue weighted by atomic mass is 19.4. The summed E-state index contributed by atoms with van der Waals surface area (Å²) >= 11 is 0. The number of rotatable bonds is 1. The van der Waals surface area contributed by atoms with E-state index in [1.165, 1.54) is 30.3 Å². The summed E-state index contributed by atoms with van der Waals surface area (Å²) in [6.45, 7) is 0. The van der Waals surface area contributed by atoms with Gasteiger partial charge in [-0.25, -0.2) is 0 Å². The van der Waals surface area contributed by atoms with E-state index < -0.39 is 72.9 Å². The van der Waals surface area contributed by atoms with Gasteiger partial charge in [-0.1, -0.05) is 12.1 Å². The molecule has 7 nitrogen and oxygen atoms in total. The van der Waals surface area contributed by atoms with Crippen molar-refractivity contribution in [3.8, 4) is 42.5 Å². The van der Waals surface area contributed by atoms with Crippen LogP contribution in [0.3, 0.4) is 0 Å². The van der Waals surface area contributed by atoms with E-state index in [0.29, 0.717) is 0 Å². The minimum atomic E-state index is -5.54. The summed E-state index contributed by atoms with van der Waals surface area (Å²) in [5.41, 5.74) is -12.3. The molecule has 0 N–H and O–H groups in total. The summed E-state index contributed by atoms with van der Waals surface area (Å²) in [5, 5.41) is 64.3. The Labute approximate surface area is 197 Å². The lowest BCUT2D eigenvalue weighted by Gasteiger charge is -2.19. The first kappa shape index (κ1) is 26.4. The lowest BCUT2D eigenvalue weighted by molar-refractivity contribution is -0.141. The first-order valence-corrected chi connectivity index (χ1v) is 8.94. The molecular formula is C23H3F6N7. The van der Waals surface area contributed by atoms with Crippen molar-refractivity contribution in [2.24, 2.45) is 0 Å². The molecule has 0 heterocycles. The van der Waals surface area contributed by atoms with Gasteiger partial charge in [-0.3, -0.25) is 0 Å². The summed E-state index contributed by atoms with van der Waals surface area (Å²) in [6.07, 6.45) is -11.0. The molecule has 0 fully saturated rings. The number of halogens is 6. The summed E-state index contributed by atoms with van der Waals surface area (Å²) in [4.78, 5) is 0. The minimum Gasteiger partial charge on any atom is -0.192 e. The summed E-state index contributed by atoms with van der Waals surface area (Å²) in [6, 6.07) is 10.4. The van der Waals surface area contributed by atoms with E-state index >= 15 is 0 Å². The quantitative estimate of drug-likeness (QED) is 0.552. The highest BCUT2D eigenvalue weighted by Crippen LogP contribution is 2.43. The van der Waals surface area contributed by atoms with Crippen LogP contribution in [0.4, 0.5) is 26.3 Å². The first-order chi connectivity index (χ1) is 16.9. The Morgan fingerprint density at radius 2 is 1.11 bits per heavy atom. The van der Waals surface area contributed by atoms with Gasteiger partial charge in [-0.2, -0.15) is 63.2 Å². The molecule has 0 unspecified atom stereocenters. The van der Waals surface area contributed by atoms with E-state index in [1.807, 2.05) is 0 Å². The monoisotopic (exact) mass is 491 g/mol. The number of nitriles is 7. The van der Waals surface area contributed by atoms with Gasteiger partial charge in [0.1, 0.15) is 42.0 Å². The number of alkyl halides is 6. The van der Waals surface area contributed by atoms with Crippen LogP contribution >= 0.6 is 0 Å². The third kappa shape index (κ3) is 4.35. The van der Waals surface area contributed by atoms with Crippen LogP contribution in [0.5, 0.6) is 0 Å². The van der Waals surface area contributed by atoms with Crippen molar-refractivity contribution in [2.45, 2.75) is 12.4 Å². The maximum absolute atomic E-state index is 14.0. The van der Waals surface area contributed by atoms with Crippen LogP contribution in [0, 0.1) is 79.3 Å². The fraction of sp³-hybridized carbons (Fsp3) is 0.0870. The van der Waals surface area contributed by atoms with E-state index in [-0.39, 0.29) is 6.07 Å². The molecule has 0 spiro atoms. The van der Waals surface area contributed by atoms with Gasteiger partial charge in [0.15, 0.2) is 0 Å². The second-order valence-electron chi connectivity index (χ2n) is 6.54. The topological polar surface area (TPSA) is 167 Å². The van der Waals surface area contributed by atoms with Crippen LogP contribution in [0.15, 0.2) is 18.2 Å². The van der Waals surface area contributed by atoms with Gasteiger partial charge >= 0.3 is 12.4 Å². The van der Waals surface area contributed by atoms with Gasteiger partial charge in [-0.15, -0.1) is 0 Å². The zero-order valence-corrected chi connectivity index (χ0v) is 17.1. The second-order valence-corrected chi connectivity index (χ2v) is 6.54. The molecule has 0 aliphatic heterocycles. The summed E-state index contributed by atoms with van der Waals surface area (Å²) in [7, 11) is 0. The molecule has 0 bridgehead atoms. The molecule has 2 rings (SSSR count). The molecule has 36 heavy (non-hydrogen) atoms. The van der Waals surface area contributed by atoms with Crippen LogP contribution in [-0.2, 0) is 12.4 Å². The zero-order valence-electron chi connectivity index (χ0n) is 17.1. The van der Waals surface area contributed by atoms with E-state index in [4.69, 9.17) is 15.8 Å². The van der Waals surface area contributed by atoms with Crippen molar-refractivity contribution < 1.29 is 26.3 Å². The lowest BCUT2D eigenvalue weighted by atomic mass is 9.85.